The first kappa shape index (κ1) is 23.6. The molecule has 0 spiro atoms. The number of rotatable bonds is 5. The minimum absolute atomic E-state index is 0.295. The largest absolute Gasteiger partial charge is 0.417 e. The van der Waals surface area contributed by atoms with E-state index in [1.807, 2.05) is 0 Å². The molecule has 0 radical (unpaired) electrons. The first-order valence-electron chi connectivity index (χ1n) is 10.9. The molecule has 0 aromatic heterocycles. The summed E-state index contributed by atoms with van der Waals surface area (Å²) < 4.78 is 80.4. The Morgan fingerprint density at radius 1 is 0.879 bits per heavy atom. The Bertz CT molecular complexity index is 992. The normalized spacial score (nSPS) is 19.7. The number of alkyl halides is 6. The molecule has 1 unspecified atom stereocenters. The van der Waals surface area contributed by atoms with E-state index in [0.29, 0.717) is 18.2 Å². The molecule has 1 saturated carbocycles. The third-order valence-electron chi connectivity index (χ3n) is 6.80. The Hall–Kier alpha value is -2.55. The second-order valence-corrected chi connectivity index (χ2v) is 8.72. The summed E-state index contributed by atoms with van der Waals surface area (Å²) in [6, 6.07) is 9.25. The molecule has 2 aliphatic rings. The van der Waals surface area contributed by atoms with Gasteiger partial charge in [0.2, 0.25) is 0 Å². The van der Waals surface area contributed by atoms with Gasteiger partial charge in [-0.2, -0.15) is 26.3 Å². The maximum absolute atomic E-state index is 13.6. The van der Waals surface area contributed by atoms with Crippen molar-refractivity contribution in [1.82, 2.24) is 10.2 Å². The summed E-state index contributed by atoms with van der Waals surface area (Å²) in [6.07, 6.45) is -5.45. The van der Waals surface area contributed by atoms with Crippen molar-refractivity contribution in [3.8, 4) is 0 Å². The summed E-state index contributed by atoms with van der Waals surface area (Å²) in [5.74, 6) is -1.16. The van der Waals surface area contributed by atoms with Gasteiger partial charge in [-0.15, -0.1) is 0 Å². The molecule has 1 heterocycles. The molecule has 1 amide bonds. The molecule has 3 nitrogen and oxygen atoms in total. The van der Waals surface area contributed by atoms with Crippen LogP contribution in [0.5, 0.6) is 0 Å². The highest BCUT2D eigenvalue weighted by Crippen LogP contribution is 2.48. The predicted octanol–water partition coefficient (Wildman–Crippen LogP) is 6.21. The van der Waals surface area contributed by atoms with Gasteiger partial charge in [0, 0.05) is 5.54 Å². The monoisotopic (exact) mass is 470 g/mol. The van der Waals surface area contributed by atoms with Crippen LogP contribution in [0, 0.1) is 0 Å². The van der Waals surface area contributed by atoms with Crippen molar-refractivity contribution in [1.29, 1.82) is 0 Å². The number of hydrogen-bond donors (Lipinski definition) is 1. The second-order valence-electron chi connectivity index (χ2n) is 8.72. The molecule has 0 bridgehead atoms. The fraction of sp³-hybridized carbons (Fsp3) is 0.458. The van der Waals surface area contributed by atoms with Gasteiger partial charge in [0.1, 0.15) is 0 Å². The second kappa shape index (κ2) is 8.66. The number of halogens is 6. The molecule has 178 valence electrons. The molecule has 1 N–H and O–H groups in total. The number of carbonyl (C=O) groups excluding carboxylic acids is 1. The topological polar surface area (TPSA) is 32.3 Å². The van der Waals surface area contributed by atoms with Gasteiger partial charge >= 0.3 is 12.4 Å². The molecule has 9 heteroatoms. The third-order valence-corrected chi connectivity index (χ3v) is 6.80. The molecule has 1 atom stereocenters. The standard InChI is InChI=1S/C24H24F6N2O/c25-23(26,27)17-9-10-19(24(28,29)30)18(15-17)21(33)31-20(16-7-2-1-3-8-16)22(11-6-12-22)32-13-4-5-14-32/h1-3,7-10,15,20H,4-6,11-14H2,(H,31,33). The molecular weight excluding hydrogens is 446 g/mol. The zero-order valence-corrected chi connectivity index (χ0v) is 17.8. The number of nitrogens with zero attached hydrogens (tertiary/aromatic N) is 1. The van der Waals surface area contributed by atoms with Crippen molar-refractivity contribution in [2.75, 3.05) is 13.1 Å². The van der Waals surface area contributed by atoms with Crippen molar-refractivity contribution >= 4 is 5.91 Å². The summed E-state index contributed by atoms with van der Waals surface area (Å²) in [5, 5.41) is 2.71. The summed E-state index contributed by atoms with van der Waals surface area (Å²) in [7, 11) is 0. The van der Waals surface area contributed by atoms with Crippen molar-refractivity contribution in [3.05, 3.63) is 70.8 Å². The van der Waals surface area contributed by atoms with Gasteiger partial charge in [-0.25, -0.2) is 0 Å². The zero-order chi connectivity index (χ0) is 23.9. The Balaban J connectivity index is 1.75. The highest BCUT2D eigenvalue weighted by Gasteiger charge is 2.50. The quantitative estimate of drug-likeness (QED) is 0.527. The number of amides is 1. The highest BCUT2D eigenvalue weighted by atomic mass is 19.4. The van der Waals surface area contributed by atoms with Crippen molar-refractivity contribution in [3.63, 3.8) is 0 Å². The van der Waals surface area contributed by atoms with Gasteiger partial charge < -0.3 is 5.32 Å². The highest BCUT2D eigenvalue weighted by molar-refractivity contribution is 5.96. The SMILES string of the molecule is O=C(NC(c1ccccc1)C1(N2CCCC2)CCC1)c1cc(C(F)(F)F)ccc1C(F)(F)F. The number of nitrogens with one attached hydrogen (secondary N) is 1. The molecule has 4 rings (SSSR count). The van der Waals surface area contributed by atoms with Crippen LogP contribution in [0.25, 0.3) is 0 Å². The van der Waals surface area contributed by atoms with E-state index < -0.39 is 46.5 Å². The van der Waals surface area contributed by atoms with Crippen LogP contribution in [0.15, 0.2) is 48.5 Å². The van der Waals surface area contributed by atoms with Crippen LogP contribution in [0.3, 0.4) is 0 Å². The fourth-order valence-corrected chi connectivity index (χ4v) is 5.03. The van der Waals surface area contributed by atoms with Crippen molar-refractivity contribution in [2.45, 2.75) is 56.0 Å². The number of hydrogen-bond acceptors (Lipinski definition) is 2. The van der Waals surface area contributed by atoms with Crippen molar-refractivity contribution in [2.24, 2.45) is 0 Å². The van der Waals surface area contributed by atoms with Crippen LogP contribution >= 0.6 is 0 Å². The summed E-state index contributed by atoms with van der Waals surface area (Å²) in [6.45, 7) is 1.63. The molecule has 1 aliphatic heterocycles. The average Bonchev–Trinajstić information content (AvgIpc) is 3.26. The van der Waals surface area contributed by atoms with E-state index in [9.17, 15) is 31.1 Å². The van der Waals surface area contributed by atoms with E-state index >= 15 is 0 Å². The van der Waals surface area contributed by atoms with Crippen molar-refractivity contribution < 1.29 is 31.1 Å². The first-order chi connectivity index (χ1) is 15.5. The minimum atomic E-state index is -4.97. The van der Waals surface area contributed by atoms with E-state index in [-0.39, 0.29) is 0 Å². The maximum Gasteiger partial charge on any atom is 0.417 e. The maximum atomic E-state index is 13.6. The minimum Gasteiger partial charge on any atom is -0.343 e. The zero-order valence-electron chi connectivity index (χ0n) is 17.8. The van der Waals surface area contributed by atoms with E-state index in [4.69, 9.17) is 0 Å². The Morgan fingerprint density at radius 3 is 2.03 bits per heavy atom. The molecular formula is C24H24F6N2O. The summed E-state index contributed by atoms with van der Waals surface area (Å²) >= 11 is 0. The molecule has 1 saturated heterocycles. The van der Waals surface area contributed by atoms with E-state index in [1.165, 1.54) is 0 Å². The Morgan fingerprint density at radius 2 is 1.52 bits per heavy atom. The summed E-state index contributed by atoms with van der Waals surface area (Å²) in [4.78, 5) is 15.4. The summed E-state index contributed by atoms with van der Waals surface area (Å²) in [5.41, 5.74) is -3.45. The lowest BCUT2D eigenvalue weighted by atomic mass is 9.68. The van der Waals surface area contributed by atoms with E-state index in [1.54, 1.807) is 30.3 Å². The van der Waals surface area contributed by atoms with E-state index in [0.717, 1.165) is 50.8 Å². The van der Waals surface area contributed by atoms with Crippen LogP contribution in [-0.2, 0) is 12.4 Å². The van der Waals surface area contributed by atoms with Gasteiger partial charge in [0.05, 0.1) is 22.7 Å². The smallest absolute Gasteiger partial charge is 0.343 e. The molecule has 2 aromatic rings. The van der Waals surface area contributed by atoms with Crippen LogP contribution in [0.2, 0.25) is 0 Å². The Kier molecular flexibility index (Phi) is 6.20. The van der Waals surface area contributed by atoms with E-state index in [2.05, 4.69) is 10.2 Å². The van der Waals surface area contributed by atoms with Crippen LogP contribution in [0.1, 0.15) is 65.2 Å². The lowest BCUT2D eigenvalue weighted by Crippen LogP contribution is -2.60. The molecule has 2 fully saturated rings. The van der Waals surface area contributed by atoms with Gasteiger partial charge in [-0.05, 0) is 69.0 Å². The third kappa shape index (κ3) is 4.60. The molecule has 33 heavy (non-hydrogen) atoms. The van der Waals surface area contributed by atoms with Gasteiger partial charge in [0.25, 0.3) is 5.91 Å². The molecule has 1 aliphatic carbocycles. The average molecular weight is 470 g/mol. The van der Waals surface area contributed by atoms with Crippen LogP contribution in [0.4, 0.5) is 26.3 Å². The Labute approximate surface area is 187 Å². The number of likely N-dealkylation sites (tertiary alicyclic amines) is 1. The molecule has 2 aromatic carbocycles. The first-order valence-corrected chi connectivity index (χ1v) is 10.9. The predicted molar refractivity (Wildman–Crippen MR) is 110 cm³/mol. The van der Waals surface area contributed by atoms with Crippen LogP contribution in [-0.4, -0.2) is 29.4 Å². The number of carbonyl (C=O) groups is 1. The lowest BCUT2D eigenvalue weighted by Gasteiger charge is -2.54. The van der Waals surface area contributed by atoms with Gasteiger partial charge in [-0.1, -0.05) is 30.3 Å². The lowest BCUT2D eigenvalue weighted by molar-refractivity contribution is -0.141. The number of benzene rings is 2. The fourth-order valence-electron chi connectivity index (χ4n) is 5.03. The van der Waals surface area contributed by atoms with Crippen LogP contribution < -0.4 is 5.32 Å². The van der Waals surface area contributed by atoms with Gasteiger partial charge in [0.15, 0.2) is 0 Å². The van der Waals surface area contributed by atoms with Gasteiger partial charge in [-0.3, -0.25) is 9.69 Å².